The fraction of sp³-hybridized carbons (Fsp3) is 0.545. The van der Waals surface area contributed by atoms with Crippen LogP contribution in [0.15, 0.2) is 36.4 Å². The molecule has 144 valence electrons. The minimum atomic E-state index is 0.191. The van der Waals surface area contributed by atoms with Gasteiger partial charge in [-0.15, -0.1) is 0 Å². The zero-order valence-electron chi connectivity index (χ0n) is 16.7. The maximum absolute atomic E-state index is 12.8. The van der Waals surface area contributed by atoms with Gasteiger partial charge in [0, 0.05) is 30.9 Å². The number of aryl methyl sites for hydroxylation is 2. The Hall–Kier alpha value is -2.14. The van der Waals surface area contributed by atoms with Gasteiger partial charge >= 0.3 is 0 Å². The van der Waals surface area contributed by atoms with Gasteiger partial charge in [-0.05, 0) is 57.7 Å². The highest BCUT2D eigenvalue weighted by Crippen LogP contribution is 2.43. The van der Waals surface area contributed by atoms with Gasteiger partial charge in [-0.1, -0.05) is 30.3 Å². The molecule has 3 heterocycles. The van der Waals surface area contributed by atoms with E-state index in [1.807, 2.05) is 29.5 Å². The smallest absolute Gasteiger partial charge is 0.244 e. The number of likely N-dealkylation sites (tertiary alicyclic amines) is 2. The van der Waals surface area contributed by atoms with Gasteiger partial charge in [0.15, 0.2) is 0 Å². The summed E-state index contributed by atoms with van der Waals surface area (Å²) in [5, 5.41) is 4.43. The van der Waals surface area contributed by atoms with E-state index in [4.69, 9.17) is 0 Å². The molecule has 1 aromatic heterocycles. The molecule has 0 bridgehead atoms. The normalized spacial score (nSPS) is 22.5. The van der Waals surface area contributed by atoms with Crippen LogP contribution in [0, 0.1) is 13.8 Å². The van der Waals surface area contributed by atoms with Gasteiger partial charge in [-0.3, -0.25) is 14.4 Å². The minimum Gasteiger partial charge on any atom is -0.341 e. The Morgan fingerprint density at radius 2 is 1.89 bits per heavy atom. The van der Waals surface area contributed by atoms with E-state index >= 15 is 0 Å². The van der Waals surface area contributed by atoms with Crippen LogP contribution in [-0.4, -0.2) is 57.7 Å². The van der Waals surface area contributed by atoms with Gasteiger partial charge in [-0.2, -0.15) is 5.10 Å². The molecule has 1 spiro atoms. The highest BCUT2D eigenvalue weighted by molar-refractivity contribution is 5.76. The van der Waals surface area contributed by atoms with E-state index in [0.717, 1.165) is 43.9 Å². The van der Waals surface area contributed by atoms with Gasteiger partial charge in [0.25, 0.3) is 0 Å². The number of aromatic nitrogens is 2. The maximum atomic E-state index is 12.8. The Bertz CT molecular complexity index is 805. The molecule has 1 atom stereocenters. The first-order valence-electron chi connectivity index (χ1n) is 10.0. The molecule has 0 radical (unpaired) electrons. The lowest BCUT2D eigenvalue weighted by molar-refractivity contribution is -0.134. The summed E-state index contributed by atoms with van der Waals surface area (Å²) in [6, 6.07) is 12.9. The molecular formula is C22H30N4O. The van der Waals surface area contributed by atoms with Gasteiger partial charge in [-0.25, -0.2) is 0 Å². The third-order valence-electron chi connectivity index (χ3n) is 6.64. The summed E-state index contributed by atoms with van der Waals surface area (Å²) >= 11 is 0. The number of benzene rings is 1. The van der Waals surface area contributed by atoms with E-state index < -0.39 is 0 Å². The van der Waals surface area contributed by atoms with Crippen molar-refractivity contribution in [2.75, 3.05) is 26.7 Å². The van der Waals surface area contributed by atoms with Crippen molar-refractivity contribution in [3.05, 3.63) is 53.3 Å². The van der Waals surface area contributed by atoms with Crippen LogP contribution in [-0.2, 0) is 11.3 Å². The lowest BCUT2D eigenvalue weighted by Gasteiger charge is -2.43. The highest BCUT2D eigenvalue weighted by Gasteiger charge is 2.46. The number of amides is 1. The van der Waals surface area contributed by atoms with Crippen LogP contribution in [0.3, 0.4) is 0 Å². The molecule has 5 heteroatoms. The van der Waals surface area contributed by atoms with Crippen LogP contribution in [0.2, 0.25) is 0 Å². The molecule has 2 aromatic rings. The topological polar surface area (TPSA) is 41.4 Å². The molecule has 0 saturated carbocycles. The van der Waals surface area contributed by atoms with Crippen LogP contribution < -0.4 is 0 Å². The summed E-state index contributed by atoms with van der Waals surface area (Å²) in [6.45, 7) is 7.15. The van der Waals surface area contributed by atoms with Crippen molar-refractivity contribution in [2.24, 2.45) is 0 Å². The number of likely N-dealkylation sites (N-methyl/N-ethyl adjacent to an activating group) is 1. The SMILES string of the molecule is Cc1cc(C)n(CC(=O)N2CCC3(CC2)C[C@H](c2ccccc2)CN3C)n1. The fourth-order valence-electron chi connectivity index (χ4n) is 4.97. The number of hydrogen-bond donors (Lipinski definition) is 0. The predicted octanol–water partition coefficient (Wildman–Crippen LogP) is 2.98. The number of carbonyl (C=O) groups is 1. The molecule has 0 unspecified atom stereocenters. The van der Waals surface area contributed by atoms with Gasteiger partial charge in [0.05, 0.1) is 5.69 Å². The number of rotatable bonds is 3. The molecule has 2 fully saturated rings. The Morgan fingerprint density at radius 1 is 1.19 bits per heavy atom. The van der Waals surface area contributed by atoms with Crippen molar-refractivity contribution in [3.8, 4) is 0 Å². The summed E-state index contributed by atoms with van der Waals surface area (Å²) in [6.07, 6.45) is 3.33. The Balaban J connectivity index is 1.38. The zero-order valence-corrected chi connectivity index (χ0v) is 16.7. The van der Waals surface area contributed by atoms with Crippen molar-refractivity contribution in [1.29, 1.82) is 0 Å². The second-order valence-electron chi connectivity index (χ2n) is 8.38. The molecule has 2 aliphatic rings. The largest absolute Gasteiger partial charge is 0.341 e. The average Bonchev–Trinajstić information content (AvgIpc) is 3.15. The van der Waals surface area contributed by atoms with Gasteiger partial charge in [0.1, 0.15) is 6.54 Å². The van der Waals surface area contributed by atoms with E-state index in [0.29, 0.717) is 12.5 Å². The van der Waals surface area contributed by atoms with Crippen molar-refractivity contribution in [2.45, 2.75) is 51.1 Å². The van der Waals surface area contributed by atoms with Crippen LogP contribution in [0.1, 0.15) is 42.1 Å². The Morgan fingerprint density at radius 3 is 2.52 bits per heavy atom. The van der Waals surface area contributed by atoms with Crippen LogP contribution in [0.25, 0.3) is 0 Å². The molecular weight excluding hydrogens is 336 g/mol. The van der Waals surface area contributed by atoms with Crippen molar-refractivity contribution >= 4 is 5.91 Å². The van der Waals surface area contributed by atoms with Crippen molar-refractivity contribution < 1.29 is 4.79 Å². The van der Waals surface area contributed by atoms with E-state index in [1.54, 1.807) is 0 Å². The second kappa shape index (κ2) is 7.12. The van der Waals surface area contributed by atoms with Crippen LogP contribution in [0.4, 0.5) is 0 Å². The Labute approximate surface area is 162 Å². The molecule has 0 aliphatic carbocycles. The van der Waals surface area contributed by atoms with E-state index in [-0.39, 0.29) is 11.4 Å². The monoisotopic (exact) mass is 366 g/mol. The third-order valence-corrected chi connectivity index (χ3v) is 6.64. The second-order valence-corrected chi connectivity index (χ2v) is 8.38. The van der Waals surface area contributed by atoms with Crippen LogP contribution in [0.5, 0.6) is 0 Å². The minimum absolute atomic E-state index is 0.191. The summed E-state index contributed by atoms with van der Waals surface area (Å²) in [5.41, 5.74) is 3.72. The first-order valence-corrected chi connectivity index (χ1v) is 10.0. The molecule has 2 saturated heterocycles. The number of piperidine rings is 1. The first-order chi connectivity index (χ1) is 13.0. The lowest BCUT2D eigenvalue weighted by atomic mass is 9.81. The standard InChI is InChI=1S/C22H30N4O/c1-17-13-18(2)26(23-17)16-21(27)25-11-9-22(10-12-25)14-20(15-24(22)3)19-7-5-4-6-8-19/h4-8,13,20H,9-12,14-16H2,1-3H3/t20-/m0/s1. The first kappa shape index (κ1) is 18.2. The summed E-state index contributed by atoms with van der Waals surface area (Å²) in [4.78, 5) is 17.3. The van der Waals surface area contributed by atoms with Crippen molar-refractivity contribution in [3.63, 3.8) is 0 Å². The van der Waals surface area contributed by atoms with Gasteiger partial charge < -0.3 is 4.90 Å². The molecule has 0 N–H and O–H groups in total. The average molecular weight is 367 g/mol. The molecule has 2 aliphatic heterocycles. The molecule has 1 amide bonds. The van der Waals surface area contributed by atoms with E-state index in [9.17, 15) is 4.79 Å². The predicted molar refractivity (Wildman–Crippen MR) is 107 cm³/mol. The molecule has 1 aromatic carbocycles. The van der Waals surface area contributed by atoms with Crippen LogP contribution >= 0.6 is 0 Å². The Kier molecular flexibility index (Phi) is 4.81. The number of nitrogens with zero attached hydrogens (tertiary/aromatic N) is 4. The number of carbonyl (C=O) groups excluding carboxylic acids is 1. The zero-order chi connectivity index (χ0) is 19.0. The van der Waals surface area contributed by atoms with E-state index in [1.165, 1.54) is 12.0 Å². The van der Waals surface area contributed by atoms with Crippen molar-refractivity contribution in [1.82, 2.24) is 19.6 Å². The number of hydrogen-bond acceptors (Lipinski definition) is 3. The van der Waals surface area contributed by atoms with E-state index in [2.05, 4.69) is 47.4 Å². The summed E-state index contributed by atoms with van der Waals surface area (Å²) < 4.78 is 1.83. The summed E-state index contributed by atoms with van der Waals surface area (Å²) in [7, 11) is 2.26. The lowest BCUT2D eigenvalue weighted by Crippen LogP contribution is -2.52. The molecule has 27 heavy (non-hydrogen) atoms. The fourth-order valence-corrected chi connectivity index (χ4v) is 4.97. The van der Waals surface area contributed by atoms with Gasteiger partial charge in [0.2, 0.25) is 5.91 Å². The third kappa shape index (κ3) is 3.53. The molecule has 4 rings (SSSR count). The maximum Gasteiger partial charge on any atom is 0.244 e. The highest BCUT2D eigenvalue weighted by atomic mass is 16.2. The molecule has 5 nitrogen and oxygen atoms in total. The summed E-state index contributed by atoms with van der Waals surface area (Å²) in [5.74, 6) is 0.796. The quantitative estimate of drug-likeness (QED) is 0.839.